The van der Waals surface area contributed by atoms with Gasteiger partial charge in [0.05, 0.1) is 12.6 Å². The first-order valence-electron chi connectivity index (χ1n) is 6.93. The van der Waals surface area contributed by atoms with E-state index in [9.17, 15) is 4.79 Å². The highest BCUT2D eigenvalue weighted by atomic mass is 35.5. The number of H-pyrrole nitrogens is 1. The van der Waals surface area contributed by atoms with Crippen molar-refractivity contribution in [1.82, 2.24) is 15.1 Å². The Balaban J connectivity index is 1.76. The van der Waals surface area contributed by atoms with Crippen molar-refractivity contribution in [1.29, 1.82) is 0 Å². The molecule has 2 aromatic rings. The Hall–Kier alpha value is -2.05. The first-order chi connectivity index (χ1) is 10.6. The molecule has 0 fully saturated rings. The van der Waals surface area contributed by atoms with Crippen LogP contribution in [0, 0.1) is 0 Å². The van der Waals surface area contributed by atoms with Gasteiger partial charge in [0.2, 0.25) is 5.91 Å². The molecular formula is C15H19ClN4O2. The van der Waals surface area contributed by atoms with Crippen LogP contribution in [0.5, 0.6) is 5.75 Å². The fourth-order valence-electron chi connectivity index (χ4n) is 1.97. The van der Waals surface area contributed by atoms with E-state index < -0.39 is 6.04 Å². The molecule has 0 unspecified atom stereocenters. The third-order valence-electron chi connectivity index (χ3n) is 3.18. The summed E-state index contributed by atoms with van der Waals surface area (Å²) in [6.45, 7) is 0.821. The smallest absolute Gasteiger partial charge is 0.239 e. The molecule has 2 rings (SSSR count). The average molecular weight is 323 g/mol. The third-order valence-corrected chi connectivity index (χ3v) is 3.42. The van der Waals surface area contributed by atoms with Crippen LogP contribution in [-0.2, 0) is 11.2 Å². The number of ether oxygens (including phenoxy) is 1. The quantitative estimate of drug-likeness (QED) is 0.808. The van der Waals surface area contributed by atoms with Gasteiger partial charge in [0.1, 0.15) is 12.4 Å². The first kappa shape index (κ1) is 16.3. The van der Waals surface area contributed by atoms with Gasteiger partial charge in [0.25, 0.3) is 0 Å². The second-order valence-corrected chi connectivity index (χ2v) is 5.39. The van der Waals surface area contributed by atoms with Crippen molar-refractivity contribution in [3.8, 4) is 5.75 Å². The molecule has 0 aliphatic heterocycles. The molecule has 1 atom stereocenters. The van der Waals surface area contributed by atoms with E-state index in [2.05, 4.69) is 10.2 Å². The summed E-state index contributed by atoms with van der Waals surface area (Å²) >= 11 is 5.88. The number of amides is 1. The minimum Gasteiger partial charge on any atom is -0.492 e. The number of rotatable bonds is 7. The van der Waals surface area contributed by atoms with Crippen LogP contribution >= 0.6 is 11.6 Å². The van der Waals surface area contributed by atoms with Gasteiger partial charge in [0, 0.05) is 30.4 Å². The summed E-state index contributed by atoms with van der Waals surface area (Å²) < 4.78 is 5.56. The normalized spacial score (nSPS) is 12.0. The zero-order valence-electron chi connectivity index (χ0n) is 12.3. The molecule has 0 spiro atoms. The van der Waals surface area contributed by atoms with Gasteiger partial charge < -0.3 is 15.4 Å². The summed E-state index contributed by atoms with van der Waals surface area (Å²) in [5.41, 5.74) is 6.75. The highest BCUT2D eigenvalue weighted by Gasteiger charge is 2.18. The molecule has 22 heavy (non-hydrogen) atoms. The van der Waals surface area contributed by atoms with Gasteiger partial charge in [-0.1, -0.05) is 17.7 Å². The van der Waals surface area contributed by atoms with Crippen LogP contribution in [-0.4, -0.2) is 47.2 Å². The third kappa shape index (κ3) is 4.75. The van der Waals surface area contributed by atoms with Crippen LogP contribution in [0.4, 0.5) is 0 Å². The monoisotopic (exact) mass is 322 g/mol. The van der Waals surface area contributed by atoms with E-state index in [1.165, 1.54) is 0 Å². The number of nitrogens with two attached hydrogens (primary N) is 1. The predicted molar refractivity (Wildman–Crippen MR) is 84.9 cm³/mol. The molecule has 1 heterocycles. The molecule has 0 saturated carbocycles. The van der Waals surface area contributed by atoms with E-state index in [4.69, 9.17) is 22.1 Å². The fourth-order valence-corrected chi connectivity index (χ4v) is 2.15. The molecule has 6 nitrogen and oxygen atoms in total. The first-order valence-corrected chi connectivity index (χ1v) is 7.31. The van der Waals surface area contributed by atoms with Crippen molar-refractivity contribution in [2.75, 3.05) is 20.2 Å². The van der Waals surface area contributed by atoms with Crippen molar-refractivity contribution in [3.63, 3.8) is 0 Å². The molecule has 1 aromatic heterocycles. The largest absolute Gasteiger partial charge is 0.492 e. The van der Waals surface area contributed by atoms with Gasteiger partial charge in [0.15, 0.2) is 0 Å². The highest BCUT2D eigenvalue weighted by Crippen LogP contribution is 2.16. The maximum Gasteiger partial charge on any atom is 0.239 e. The second kappa shape index (κ2) is 7.82. The van der Waals surface area contributed by atoms with Gasteiger partial charge >= 0.3 is 0 Å². The number of carbonyl (C=O) groups excluding carboxylic acids is 1. The Morgan fingerprint density at radius 2 is 2.32 bits per heavy atom. The average Bonchev–Trinajstić information content (AvgIpc) is 2.99. The van der Waals surface area contributed by atoms with E-state index in [-0.39, 0.29) is 5.91 Å². The molecular weight excluding hydrogens is 304 g/mol. The highest BCUT2D eigenvalue weighted by molar-refractivity contribution is 6.30. The van der Waals surface area contributed by atoms with Crippen LogP contribution < -0.4 is 10.5 Å². The minimum atomic E-state index is -0.600. The summed E-state index contributed by atoms with van der Waals surface area (Å²) in [5, 5.41) is 7.24. The van der Waals surface area contributed by atoms with Crippen LogP contribution in [0.15, 0.2) is 36.5 Å². The van der Waals surface area contributed by atoms with Crippen LogP contribution in [0.3, 0.4) is 0 Å². The fraction of sp³-hybridized carbons (Fsp3) is 0.333. The summed E-state index contributed by atoms with van der Waals surface area (Å²) in [4.78, 5) is 13.7. The summed E-state index contributed by atoms with van der Waals surface area (Å²) in [6.07, 6.45) is 2.06. The molecule has 0 bridgehead atoms. The molecule has 0 radical (unpaired) electrons. The Bertz CT molecular complexity index is 603. The number of halogens is 1. The Morgan fingerprint density at radius 3 is 3.00 bits per heavy atom. The van der Waals surface area contributed by atoms with E-state index in [0.717, 1.165) is 5.69 Å². The maximum atomic E-state index is 12.2. The van der Waals surface area contributed by atoms with Gasteiger partial charge in [-0.25, -0.2) is 0 Å². The molecule has 1 aromatic carbocycles. The number of carbonyl (C=O) groups is 1. The summed E-state index contributed by atoms with van der Waals surface area (Å²) in [6, 6.07) is 8.34. The lowest BCUT2D eigenvalue weighted by Gasteiger charge is -2.21. The Kier molecular flexibility index (Phi) is 5.80. The number of hydrogen-bond acceptors (Lipinski definition) is 4. The number of aromatic nitrogens is 2. The number of nitrogens with zero attached hydrogens (tertiary/aromatic N) is 2. The van der Waals surface area contributed by atoms with Gasteiger partial charge in [-0.2, -0.15) is 5.10 Å². The molecule has 1 amide bonds. The van der Waals surface area contributed by atoms with Crippen LogP contribution in [0.2, 0.25) is 5.02 Å². The number of aromatic amines is 1. The molecule has 7 heteroatoms. The SMILES string of the molecule is CN(CCOc1cccc(Cl)c1)C(=O)[C@@H](N)Cc1ccn[nH]1. The summed E-state index contributed by atoms with van der Waals surface area (Å²) in [7, 11) is 1.70. The topological polar surface area (TPSA) is 84.2 Å². The van der Waals surface area contributed by atoms with Crippen molar-refractivity contribution >= 4 is 17.5 Å². The molecule has 3 N–H and O–H groups in total. The molecule has 0 aliphatic rings. The van der Waals surface area contributed by atoms with Gasteiger partial charge in [-0.3, -0.25) is 9.89 Å². The van der Waals surface area contributed by atoms with Crippen molar-refractivity contribution in [2.45, 2.75) is 12.5 Å². The zero-order valence-corrected chi connectivity index (χ0v) is 13.1. The molecule has 118 valence electrons. The molecule has 0 aliphatic carbocycles. The van der Waals surface area contributed by atoms with E-state index in [0.29, 0.717) is 30.3 Å². The predicted octanol–water partition coefficient (Wildman–Crippen LogP) is 1.47. The Morgan fingerprint density at radius 1 is 1.50 bits per heavy atom. The minimum absolute atomic E-state index is 0.135. The lowest BCUT2D eigenvalue weighted by molar-refractivity contribution is -0.131. The van der Waals surface area contributed by atoms with E-state index in [1.54, 1.807) is 36.3 Å². The second-order valence-electron chi connectivity index (χ2n) is 4.96. The van der Waals surface area contributed by atoms with Crippen LogP contribution in [0.25, 0.3) is 0 Å². The van der Waals surface area contributed by atoms with Gasteiger partial charge in [-0.05, 0) is 24.3 Å². The van der Waals surface area contributed by atoms with Gasteiger partial charge in [-0.15, -0.1) is 0 Å². The van der Waals surface area contributed by atoms with Crippen LogP contribution in [0.1, 0.15) is 5.69 Å². The lowest BCUT2D eigenvalue weighted by atomic mass is 10.1. The van der Waals surface area contributed by atoms with Crippen molar-refractivity contribution in [2.24, 2.45) is 5.73 Å². The van der Waals surface area contributed by atoms with E-state index >= 15 is 0 Å². The number of benzene rings is 1. The number of hydrogen-bond donors (Lipinski definition) is 2. The van der Waals surface area contributed by atoms with Crippen molar-refractivity contribution in [3.05, 3.63) is 47.2 Å². The standard InChI is InChI=1S/C15H19ClN4O2/c1-20(7-8-22-13-4-2-3-11(16)9-13)15(21)14(17)10-12-5-6-18-19-12/h2-6,9,14H,7-8,10,17H2,1H3,(H,18,19)/t14-/m0/s1. The Labute approximate surface area is 134 Å². The summed E-state index contributed by atoms with van der Waals surface area (Å²) in [5.74, 6) is 0.541. The maximum absolute atomic E-state index is 12.2. The zero-order chi connectivity index (χ0) is 15.9. The number of nitrogens with one attached hydrogen (secondary N) is 1. The lowest BCUT2D eigenvalue weighted by Crippen LogP contribution is -2.44. The molecule has 0 saturated heterocycles. The van der Waals surface area contributed by atoms with Crippen molar-refractivity contribution < 1.29 is 9.53 Å². The number of likely N-dealkylation sites (N-methyl/N-ethyl adjacent to an activating group) is 1. The van der Waals surface area contributed by atoms with E-state index in [1.807, 2.05) is 12.1 Å².